The third-order valence-corrected chi connectivity index (χ3v) is 5.09. The quantitative estimate of drug-likeness (QED) is 0.767. The van der Waals surface area contributed by atoms with Gasteiger partial charge in [0.25, 0.3) is 5.91 Å². The first-order valence-corrected chi connectivity index (χ1v) is 9.26. The van der Waals surface area contributed by atoms with Crippen LogP contribution in [-0.2, 0) is 19.9 Å². The second-order valence-electron chi connectivity index (χ2n) is 6.97. The molecule has 0 saturated carbocycles. The highest BCUT2D eigenvalue weighted by Crippen LogP contribution is 2.42. The van der Waals surface area contributed by atoms with Crippen molar-refractivity contribution in [3.63, 3.8) is 0 Å². The zero-order chi connectivity index (χ0) is 19.6. The molecule has 4 rings (SSSR count). The second-order valence-corrected chi connectivity index (χ2v) is 6.97. The van der Waals surface area contributed by atoms with Gasteiger partial charge in [-0.3, -0.25) is 19.4 Å². The van der Waals surface area contributed by atoms with Crippen LogP contribution in [-0.4, -0.2) is 54.7 Å². The van der Waals surface area contributed by atoms with Gasteiger partial charge in [0.15, 0.2) is 11.4 Å². The number of anilines is 1. The van der Waals surface area contributed by atoms with Crippen LogP contribution in [0.2, 0.25) is 0 Å². The molecule has 146 valence electrons. The van der Waals surface area contributed by atoms with Crippen molar-refractivity contribution in [2.75, 3.05) is 37.9 Å². The SMILES string of the molecule is O=C(/C=C/c1ccco1)CC1(O)C(=O)N(CN2CCOCC2)c2ccccc21. The summed E-state index contributed by atoms with van der Waals surface area (Å²) in [4.78, 5) is 29.3. The summed E-state index contributed by atoms with van der Waals surface area (Å²) < 4.78 is 10.5. The molecule has 1 amide bonds. The maximum Gasteiger partial charge on any atom is 0.265 e. The Labute approximate surface area is 162 Å². The minimum atomic E-state index is -1.87. The zero-order valence-electron chi connectivity index (χ0n) is 15.4. The van der Waals surface area contributed by atoms with Crippen LogP contribution in [0.5, 0.6) is 0 Å². The van der Waals surface area contributed by atoms with E-state index in [1.54, 1.807) is 35.2 Å². The number of morpholine rings is 1. The third kappa shape index (κ3) is 3.52. The van der Waals surface area contributed by atoms with Gasteiger partial charge < -0.3 is 14.3 Å². The van der Waals surface area contributed by atoms with Gasteiger partial charge in [-0.05, 0) is 30.4 Å². The molecular formula is C21H22N2O5. The highest BCUT2D eigenvalue weighted by molar-refractivity contribution is 6.10. The Bertz CT molecular complexity index is 886. The van der Waals surface area contributed by atoms with Crippen molar-refractivity contribution in [3.8, 4) is 0 Å². The van der Waals surface area contributed by atoms with Gasteiger partial charge in [0.2, 0.25) is 0 Å². The molecule has 2 aromatic rings. The Hall–Kier alpha value is -2.74. The van der Waals surface area contributed by atoms with Crippen molar-refractivity contribution in [1.29, 1.82) is 0 Å². The number of carbonyl (C=O) groups is 2. The molecule has 0 radical (unpaired) electrons. The Balaban J connectivity index is 1.55. The number of amides is 1. The summed E-state index contributed by atoms with van der Waals surface area (Å²) in [6.07, 6.45) is 4.05. The van der Waals surface area contributed by atoms with Gasteiger partial charge >= 0.3 is 0 Å². The van der Waals surface area contributed by atoms with E-state index >= 15 is 0 Å². The highest BCUT2D eigenvalue weighted by atomic mass is 16.5. The number of ketones is 1. The minimum absolute atomic E-state index is 0.320. The number of allylic oxidation sites excluding steroid dienone is 1. The monoisotopic (exact) mass is 382 g/mol. The molecule has 0 aliphatic carbocycles. The Kier molecular flexibility index (Phi) is 5.13. The molecule has 0 bridgehead atoms. The molecule has 1 fully saturated rings. The molecule has 28 heavy (non-hydrogen) atoms. The van der Waals surface area contributed by atoms with Crippen molar-refractivity contribution >= 4 is 23.5 Å². The Morgan fingerprint density at radius 2 is 1.96 bits per heavy atom. The van der Waals surface area contributed by atoms with Crippen molar-refractivity contribution < 1.29 is 23.8 Å². The maximum absolute atomic E-state index is 13.1. The van der Waals surface area contributed by atoms with Crippen LogP contribution in [0.15, 0.2) is 53.2 Å². The van der Waals surface area contributed by atoms with Gasteiger partial charge in [-0.15, -0.1) is 0 Å². The number of fused-ring (bicyclic) bond motifs is 1. The number of aliphatic hydroxyl groups is 1. The van der Waals surface area contributed by atoms with Crippen molar-refractivity contribution in [2.24, 2.45) is 0 Å². The number of furan rings is 1. The van der Waals surface area contributed by atoms with E-state index in [4.69, 9.17) is 9.15 Å². The molecule has 3 heterocycles. The fourth-order valence-corrected chi connectivity index (χ4v) is 3.63. The minimum Gasteiger partial charge on any atom is -0.465 e. The number of hydrogen-bond acceptors (Lipinski definition) is 6. The molecule has 2 aliphatic heterocycles. The first-order chi connectivity index (χ1) is 13.6. The van der Waals surface area contributed by atoms with Crippen LogP contribution < -0.4 is 4.90 Å². The van der Waals surface area contributed by atoms with Crippen LogP contribution in [0.25, 0.3) is 6.08 Å². The molecule has 7 nitrogen and oxygen atoms in total. The lowest BCUT2D eigenvalue weighted by atomic mass is 9.90. The maximum atomic E-state index is 13.1. The lowest BCUT2D eigenvalue weighted by Gasteiger charge is -2.31. The molecule has 0 spiro atoms. The van der Waals surface area contributed by atoms with Crippen molar-refractivity contribution in [2.45, 2.75) is 12.0 Å². The number of rotatable bonds is 6. The van der Waals surface area contributed by atoms with Gasteiger partial charge in [0.1, 0.15) is 5.76 Å². The predicted octanol–water partition coefficient (Wildman–Crippen LogP) is 1.78. The fraction of sp³-hybridized carbons (Fsp3) is 0.333. The summed E-state index contributed by atoms with van der Waals surface area (Å²) in [5.41, 5.74) is -0.759. The smallest absolute Gasteiger partial charge is 0.265 e. The summed E-state index contributed by atoms with van der Waals surface area (Å²) in [6, 6.07) is 10.5. The molecule has 1 aromatic carbocycles. The standard InChI is InChI=1S/C21H22N2O5/c24-16(7-8-17-4-3-11-28-17)14-21(26)18-5-1-2-6-19(18)23(20(21)25)15-22-9-12-27-13-10-22/h1-8,11,26H,9-10,12-15H2/b8-7+. The molecule has 1 unspecified atom stereocenters. The van der Waals surface area contributed by atoms with Crippen LogP contribution in [0.1, 0.15) is 17.7 Å². The Morgan fingerprint density at radius 3 is 2.71 bits per heavy atom. The van der Waals surface area contributed by atoms with Crippen LogP contribution in [0.4, 0.5) is 5.69 Å². The molecule has 1 aromatic heterocycles. The van der Waals surface area contributed by atoms with Gasteiger partial charge in [-0.2, -0.15) is 0 Å². The van der Waals surface area contributed by atoms with E-state index in [0.29, 0.717) is 36.9 Å². The van der Waals surface area contributed by atoms with Crippen molar-refractivity contribution in [1.82, 2.24) is 4.90 Å². The van der Waals surface area contributed by atoms with Gasteiger partial charge in [-0.1, -0.05) is 18.2 Å². The average Bonchev–Trinajstić information content (AvgIpc) is 3.30. The normalized spacial score (nSPS) is 22.8. The largest absolute Gasteiger partial charge is 0.465 e. The number of benzene rings is 1. The summed E-state index contributed by atoms with van der Waals surface area (Å²) in [5, 5.41) is 11.2. The second kappa shape index (κ2) is 7.71. The van der Waals surface area contributed by atoms with Gasteiger partial charge in [0, 0.05) is 18.7 Å². The predicted molar refractivity (Wildman–Crippen MR) is 102 cm³/mol. The number of hydrogen-bond donors (Lipinski definition) is 1. The number of nitrogens with zero attached hydrogens (tertiary/aromatic N) is 2. The van der Waals surface area contributed by atoms with Crippen LogP contribution in [0, 0.1) is 0 Å². The molecule has 1 N–H and O–H groups in total. The van der Waals surface area contributed by atoms with E-state index < -0.39 is 11.5 Å². The lowest BCUT2D eigenvalue weighted by Crippen LogP contribution is -2.48. The van der Waals surface area contributed by atoms with E-state index in [-0.39, 0.29) is 12.2 Å². The average molecular weight is 382 g/mol. The molecule has 1 saturated heterocycles. The van der Waals surface area contributed by atoms with E-state index in [0.717, 1.165) is 13.1 Å². The van der Waals surface area contributed by atoms with Crippen molar-refractivity contribution in [3.05, 3.63) is 60.1 Å². The number of para-hydroxylation sites is 1. The highest BCUT2D eigenvalue weighted by Gasteiger charge is 2.50. The van der Waals surface area contributed by atoms with Crippen LogP contribution >= 0.6 is 0 Å². The molecule has 7 heteroatoms. The summed E-state index contributed by atoms with van der Waals surface area (Å²) in [5.74, 6) is -0.289. The third-order valence-electron chi connectivity index (χ3n) is 5.09. The fourth-order valence-electron chi connectivity index (χ4n) is 3.63. The van der Waals surface area contributed by atoms with E-state index in [1.165, 1.54) is 18.4 Å². The topological polar surface area (TPSA) is 83.2 Å². The Morgan fingerprint density at radius 1 is 1.18 bits per heavy atom. The molecular weight excluding hydrogens is 360 g/mol. The summed E-state index contributed by atoms with van der Waals surface area (Å²) in [7, 11) is 0. The van der Waals surface area contributed by atoms with Crippen LogP contribution in [0.3, 0.4) is 0 Å². The van der Waals surface area contributed by atoms with E-state index in [9.17, 15) is 14.7 Å². The molecule has 2 aliphatic rings. The van der Waals surface area contributed by atoms with E-state index in [1.807, 2.05) is 6.07 Å². The van der Waals surface area contributed by atoms with Gasteiger partial charge in [-0.25, -0.2) is 0 Å². The first kappa shape index (κ1) is 18.6. The van der Waals surface area contributed by atoms with E-state index in [2.05, 4.69) is 4.90 Å². The molecule has 1 atom stereocenters. The van der Waals surface area contributed by atoms with Gasteiger partial charge in [0.05, 0.1) is 38.3 Å². The summed E-state index contributed by atoms with van der Waals surface area (Å²) in [6.45, 7) is 3.02. The summed E-state index contributed by atoms with van der Waals surface area (Å²) >= 11 is 0. The zero-order valence-corrected chi connectivity index (χ0v) is 15.4. The lowest BCUT2D eigenvalue weighted by molar-refractivity contribution is -0.141. The number of carbonyl (C=O) groups excluding carboxylic acids is 2. The number of ether oxygens (including phenoxy) is 1. The first-order valence-electron chi connectivity index (χ1n) is 9.26.